The molecule has 0 aliphatic carbocycles. The standard InChI is InChI=1S/C22H27N3/c1-6-25(5)15-24-22-11-16(2)21(10-17(22)3)13-19-8-7-9-20(12-19)18(4)14-23/h7-12,15,18H,6,13H2,1-5H3. The van der Waals surface area contributed by atoms with Crippen LogP contribution in [0.3, 0.4) is 0 Å². The first-order chi connectivity index (χ1) is 11.9. The van der Waals surface area contributed by atoms with Crippen molar-refractivity contribution in [2.45, 2.75) is 40.0 Å². The molecule has 130 valence electrons. The second-order valence-corrected chi connectivity index (χ2v) is 6.66. The van der Waals surface area contributed by atoms with Crippen LogP contribution in [-0.4, -0.2) is 24.8 Å². The Balaban J connectivity index is 2.25. The van der Waals surface area contributed by atoms with Gasteiger partial charge in [-0.2, -0.15) is 5.26 Å². The van der Waals surface area contributed by atoms with E-state index in [1.807, 2.05) is 32.4 Å². The smallest absolute Gasteiger partial charge is 0.0909 e. The molecule has 0 saturated heterocycles. The highest BCUT2D eigenvalue weighted by molar-refractivity contribution is 5.64. The fourth-order valence-corrected chi connectivity index (χ4v) is 2.70. The van der Waals surface area contributed by atoms with Crippen LogP contribution in [0, 0.1) is 25.2 Å². The van der Waals surface area contributed by atoms with Gasteiger partial charge >= 0.3 is 0 Å². The second-order valence-electron chi connectivity index (χ2n) is 6.66. The molecule has 0 radical (unpaired) electrons. The lowest BCUT2D eigenvalue weighted by molar-refractivity contribution is 0.552. The highest BCUT2D eigenvalue weighted by atomic mass is 15.1. The van der Waals surface area contributed by atoms with Crippen LogP contribution in [-0.2, 0) is 6.42 Å². The van der Waals surface area contributed by atoms with E-state index in [1.165, 1.54) is 22.3 Å². The van der Waals surface area contributed by atoms with E-state index < -0.39 is 0 Å². The van der Waals surface area contributed by atoms with Crippen molar-refractivity contribution in [3.8, 4) is 6.07 Å². The van der Waals surface area contributed by atoms with Crippen molar-refractivity contribution in [1.82, 2.24) is 4.90 Å². The molecule has 0 spiro atoms. The van der Waals surface area contributed by atoms with E-state index in [-0.39, 0.29) is 5.92 Å². The summed E-state index contributed by atoms with van der Waals surface area (Å²) < 4.78 is 0. The minimum Gasteiger partial charge on any atom is -0.366 e. The molecule has 2 rings (SSSR count). The fourth-order valence-electron chi connectivity index (χ4n) is 2.70. The molecule has 0 N–H and O–H groups in total. The predicted molar refractivity (Wildman–Crippen MR) is 106 cm³/mol. The van der Waals surface area contributed by atoms with Gasteiger partial charge in [0.1, 0.15) is 0 Å². The molecule has 25 heavy (non-hydrogen) atoms. The van der Waals surface area contributed by atoms with E-state index in [9.17, 15) is 0 Å². The van der Waals surface area contributed by atoms with Gasteiger partial charge in [-0.25, -0.2) is 4.99 Å². The number of nitrogens with zero attached hydrogens (tertiary/aromatic N) is 3. The van der Waals surface area contributed by atoms with Gasteiger partial charge in [-0.15, -0.1) is 0 Å². The van der Waals surface area contributed by atoms with Gasteiger partial charge in [-0.05, 0) is 68.0 Å². The Morgan fingerprint density at radius 3 is 2.64 bits per heavy atom. The van der Waals surface area contributed by atoms with Crippen LogP contribution < -0.4 is 0 Å². The third-order valence-electron chi connectivity index (χ3n) is 4.59. The number of nitriles is 1. The lowest BCUT2D eigenvalue weighted by atomic mass is 9.94. The fraction of sp³-hybridized carbons (Fsp3) is 0.364. The average Bonchev–Trinajstić information content (AvgIpc) is 2.62. The number of aliphatic imine (C=N–C) groups is 1. The molecule has 2 aromatic carbocycles. The van der Waals surface area contributed by atoms with Gasteiger partial charge in [-0.1, -0.05) is 30.3 Å². The maximum Gasteiger partial charge on any atom is 0.0909 e. The number of rotatable bonds is 6. The number of benzene rings is 2. The van der Waals surface area contributed by atoms with Gasteiger partial charge in [0.2, 0.25) is 0 Å². The quantitative estimate of drug-likeness (QED) is 0.543. The Labute approximate surface area is 151 Å². The molecule has 0 aromatic heterocycles. The number of aryl methyl sites for hydroxylation is 2. The van der Waals surface area contributed by atoms with E-state index >= 15 is 0 Å². The van der Waals surface area contributed by atoms with Crippen LogP contribution in [0.25, 0.3) is 0 Å². The first-order valence-corrected chi connectivity index (χ1v) is 8.77. The third kappa shape index (κ3) is 4.93. The lowest BCUT2D eigenvalue weighted by Crippen LogP contribution is -2.14. The van der Waals surface area contributed by atoms with Crippen molar-refractivity contribution in [3.05, 3.63) is 64.2 Å². The summed E-state index contributed by atoms with van der Waals surface area (Å²) in [5.41, 5.74) is 7.08. The van der Waals surface area contributed by atoms with E-state index in [1.54, 1.807) is 0 Å². The van der Waals surface area contributed by atoms with Gasteiger partial charge in [-0.3, -0.25) is 0 Å². The molecule has 2 aromatic rings. The SMILES string of the molecule is CCN(C)C=Nc1cc(C)c(Cc2cccc(C(C)C#N)c2)cc1C. The molecule has 0 fully saturated rings. The van der Waals surface area contributed by atoms with Crippen LogP contribution in [0.5, 0.6) is 0 Å². The number of hydrogen-bond donors (Lipinski definition) is 0. The van der Waals surface area contributed by atoms with Crippen molar-refractivity contribution in [2.24, 2.45) is 4.99 Å². The number of hydrogen-bond acceptors (Lipinski definition) is 2. The van der Waals surface area contributed by atoms with Crippen LogP contribution in [0.15, 0.2) is 41.4 Å². The summed E-state index contributed by atoms with van der Waals surface area (Å²) in [5.74, 6) is -0.0740. The van der Waals surface area contributed by atoms with E-state index in [0.717, 1.165) is 24.2 Å². The minimum absolute atomic E-state index is 0.0740. The molecule has 0 aliphatic heterocycles. The monoisotopic (exact) mass is 333 g/mol. The molecule has 3 heteroatoms. The van der Waals surface area contributed by atoms with Crippen molar-refractivity contribution in [3.63, 3.8) is 0 Å². The van der Waals surface area contributed by atoms with Crippen LogP contribution in [0.4, 0.5) is 5.69 Å². The summed E-state index contributed by atoms with van der Waals surface area (Å²) in [6.45, 7) is 9.23. The Morgan fingerprint density at radius 2 is 1.96 bits per heavy atom. The Hall–Kier alpha value is -2.60. The normalized spacial score (nSPS) is 12.2. The second kappa shape index (κ2) is 8.48. The van der Waals surface area contributed by atoms with Gasteiger partial charge in [0.05, 0.1) is 24.0 Å². The highest BCUT2D eigenvalue weighted by Crippen LogP contribution is 2.26. The summed E-state index contributed by atoms with van der Waals surface area (Å²) in [5, 5.41) is 9.12. The molecule has 0 saturated carbocycles. The predicted octanol–water partition coefficient (Wildman–Crippen LogP) is 5.13. The van der Waals surface area contributed by atoms with Crippen LogP contribution in [0.2, 0.25) is 0 Å². The highest BCUT2D eigenvalue weighted by Gasteiger charge is 2.08. The van der Waals surface area contributed by atoms with Crippen molar-refractivity contribution < 1.29 is 0 Å². The third-order valence-corrected chi connectivity index (χ3v) is 4.59. The minimum atomic E-state index is -0.0740. The summed E-state index contributed by atoms with van der Waals surface area (Å²) in [6.07, 6.45) is 2.76. The zero-order chi connectivity index (χ0) is 18.4. The molecular weight excluding hydrogens is 306 g/mol. The van der Waals surface area contributed by atoms with Crippen LogP contribution in [0.1, 0.15) is 47.6 Å². The van der Waals surface area contributed by atoms with E-state index in [4.69, 9.17) is 5.26 Å². The molecule has 0 heterocycles. The zero-order valence-corrected chi connectivity index (χ0v) is 15.9. The van der Waals surface area contributed by atoms with Crippen molar-refractivity contribution in [2.75, 3.05) is 13.6 Å². The van der Waals surface area contributed by atoms with Gasteiger partial charge in [0.15, 0.2) is 0 Å². The molecular formula is C22H27N3. The Kier molecular flexibility index (Phi) is 6.36. The summed E-state index contributed by atoms with van der Waals surface area (Å²) in [4.78, 5) is 6.66. The van der Waals surface area contributed by atoms with E-state index in [0.29, 0.717) is 0 Å². The molecule has 0 aliphatic rings. The molecule has 0 amide bonds. The molecule has 3 nitrogen and oxygen atoms in total. The molecule has 0 bridgehead atoms. The Bertz CT molecular complexity index is 799. The zero-order valence-electron chi connectivity index (χ0n) is 15.9. The van der Waals surface area contributed by atoms with Gasteiger partial charge < -0.3 is 4.90 Å². The largest absolute Gasteiger partial charge is 0.366 e. The topological polar surface area (TPSA) is 39.4 Å². The summed E-state index contributed by atoms with van der Waals surface area (Å²) in [7, 11) is 2.02. The maximum atomic E-state index is 9.12. The summed E-state index contributed by atoms with van der Waals surface area (Å²) in [6, 6.07) is 15.0. The maximum absolute atomic E-state index is 9.12. The Morgan fingerprint density at radius 1 is 1.20 bits per heavy atom. The van der Waals surface area contributed by atoms with Gasteiger partial charge in [0.25, 0.3) is 0 Å². The van der Waals surface area contributed by atoms with Crippen LogP contribution >= 0.6 is 0 Å². The van der Waals surface area contributed by atoms with Crippen molar-refractivity contribution in [1.29, 1.82) is 5.26 Å². The lowest BCUT2D eigenvalue weighted by Gasteiger charge is -2.13. The van der Waals surface area contributed by atoms with E-state index in [2.05, 4.69) is 61.0 Å². The molecule has 1 unspecified atom stereocenters. The first-order valence-electron chi connectivity index (χ1n) is 8.77. The molecule has 1 atom stereocenters. The summed E-state index contributed by atoms with van der Waals surface area (Å²) >= 11 is 0. The average molecular weight is 333 g/mol. The van der Waals surface area contributed by atoms with Crippen molar-refractivity contribution >= 4 is 12.0 Å². The first kappa shape index (κ1) is 18.7. The van der Waals surface area contributed by atoms with Gasteiger partial charge in [0, 0.05) is 13.6 Å².